The van der Waals surface area contributed by atoms with Crippen LogP contribution in [0.15, 0.2) is 12.3 Å². The molecule has 1 heterocycles. The molecular weight excluding hydrogens is 194 g/mol. The second kappa shape index (κ2) is 4.89. The Labute approximate surface area is 88.9 Å². The smallest absolute Gasteiger partial charge is 0.306 e. The highest BCUT2D eigenvalue weighted by Gasteiger charge is 2.17. The summed E-state index contributed by atoms with van der Waals surface area (Å²) in [5.74, 6) is -0.873. The largest absolute Gasteiger partial charge is 0.481 e. The topological polar surface area (TPSA) is 59.4 Å². The Morgan fingerprint density at radius 3 is 2.73 bits per heavy atom. The Balaban J connectivity index is 2.96. The van der Waals surface area contributed by atoms with E-state index in [1.54, 1.807) is 6.20 Å². The van der Waals surface area contributed by atoms with Gasteiger partial charge in [0.15, 0.2) is 0 Å². The molecule has 0 saturated carbocycles. The number of carbonyl (C=O) groups is 1. The number of hydrogen-bond acceptors (Lipinski definition) is 3. The zero-order valence-corrected chi connectivity index (χ0v) is 9.15. The molecule has 1 atom stereocenters. The highest BCUT2D eigenvalue weighted by Crippen LogP contribution is 2.23. The van der Waals surface area contributed by atoms with Crippen molar-refractivity contribution >= 4 is 5.97 Å². The van der Waals surface area contributed by atoms with Crippen molar-refractivity contribution in [3.63, 3.8) is 0 Å². The molecular formula is C11H15NO3. The first-order valence-electron chi connectivity index (χ1n) is 4.72. The average Bonchev–Trinajstić information content (AvgIpc) is 2.14. The van der Waals surface area contributed by atoms with Crippen molar-refractivity contribution in [2.24, 2.45) is 0 Å². The van der Waals surface area contributed by atoms with E-state index >= 15 is 0 Å². The molecule has 0 aliphatic carbocycles. The zero-order chi connectivity index (χ0) is 11.4. The second-order valence-electron chi connectivity index (χ2n) is 3.50. The van der Waals surface area contributed by atoms with Gasteiger partial charge in [0.25, 0.3) is 0 Å². The zero-order valence-electron chi connectivity index (χ0n) is 9.15. The minimum atomic E-state index is -0.873. The molecule has 1 unspecified atom stereocenters. The van der Waals surface area contributed by atoms with Crippen LogP contribution in [0.5, 0.6) is 0 Å². The number of pyridine rings is 1. The number of aliphatic carboxylic acids is 1. The summed E-state index contributed by atoms with van der Waals surface area (Å²) in [6.45, 7) is 3.83. The Morgan fingerprint density at radius 2 is 2.27 bits per heavy atom. The molecule has 0 spiro atoms. The average molecular weight is 209 g/mol. The van der Waals surface area contributed by atoms with Crippen LogP contribution >= 0.6 is 0 Å². The lowest BCUT2D eigenvalue weighted by Crippen LogP contribution is -2.10. The third kappa shape index (κ3) is 3.02. The van der Waals surface area contributed by atoms with E-state index in [0.717, 1.165) is 16.8 Å². The van der Waals surface area contributed by atoms with Crippen molar-refractivity contribution in [3.8, 4) is 0 Å². The Kier molecular flexibility index (Phi) is 3.80. The Bertz CT molecular complexity index is 363. The van der Waals surface area contributed by atoms with Crippen LogP contribution in [0.2, 0.25) is 0 Å². The van der Waals surface area contributed by atoms with Crippen LogP contribution in [0.4, 0.5) is 0 Å². The summed E-state index contributed by atoms with van der Waals surface area (Å²) in [5, 5.41) is 8.72. The molecule has 82 valence electrons. The highest BCUT2D eigenvalue weighted by atomic mass is 16.5. The second-order valence-corrected chi connectivity index (χ2v) is 3.50. The van der Waals surface area contributed by atoms with Gasteiger partial charge in [-0.1, -0.05) is 0 Å². The SMILES string of the molecule is COC(CC(=O)O)c1cnc(C)cc1C. The maximum Gasteiger partial charge on any atom is 0.306 e. The number of ether oxygens (including phenoxy) is 1. The number of aromatic nitrogens is 1. The van der Waals surface area contributed by atoms with E-state index in [-0.39, 0.29) is 6.42 Å². The molecule has 0 saturated heterocycles. The number of carboxylic acid groups (broad SMARTS) is 1. The summed E-state index contributed by atoms with van der Waals surface area (Å²) < 4.78 is 5.15. The number of nitrogens with zero attached hydrogens (tertiary/aromatic N) is 1. The van der Waals surface area contributed by atoms with E-state index in [4.69, 9.17) is 9.84 Å². The van der Waals surface area contributed by atoms with Gasteiger partial charge in [-0.25, -0.2) is 0 Å². The number of aryl methyl sites for hydroxylation is 2. The van der Waals surface area contributed by atoms with E-state index in [0.29, 0.717) is 0 Å². The molecule has 0 radical (unpaired) electrons. The summed E-state index contributed by atoms with van der Waals surface area (Å²) in [6.07, 6.45) is 1.22. The Hall–Kier alpha value is -1.42. The van der Waals surface area contributed by atoms with Crippen molar-refractivity contribution in [2.45, 2.75) is 26.4 Å². The number of hydrogen-bond donors (Lipinski definition) is 1. The van der Waals surface area contributed by atoms with Gasteiger partial charge in [-0.05, 0) is 25.5 Å². The van der Waals surface area contributed by atoms with Gasteiger partial charge in [-0.2, -0.15) is 0 Å². The highest BCUT2D eigenvalue weighted by molar-refractivity contribution is 5.67. The molecule has 0 amide bonds. The normalized spacial score (nSPS) is 12.5. The first kappa shape index (κ1) is 11.7. The number of carboxylic acids is 1. The maximum absolute atomic E-state index is 10.6. The van der Waals surface area contributed by atoms with Gasteiger partial charge in [0, 0.05) is 24.6 Å². The summed E-state index contributed by atoms with van der Waals surface area (Å²) in [7, 11) is 1.51. The van der Waals surface area contributed by atoms with Crippen molar-refractivity contribution < 1.29 is 14.6 Å². The molecule has 0 aromatic carbocycles. The van der Waals surface area contributed by atoms with Crippen molar-refractivity contribution in [2.75, 3.05) is 7.11 Å². The van der Waals surface area contributed by atoms with E-state index < -0.39 is 12.1 Å². The molecule has 1 N–H and O–H groups in total. The van der Waals surface area contributed by atoms with E-state index in [9.17, 15) is 4.79 Å². The fourth-order valence-electron chi connectivity index (χ4n) is 1.52. The van der Waals surface area contributed by atoms with E-state index in [1.807, 2.05) is 19.9 Å². The molecule has 0 bridgehead atoms. The monoisotopic (exact) mass is 209 g/mol. The molecule has 15 heavy (non-hydrogen) atoms. The van der Waals surface area contributed by atoms with Crippen LogP contribution < -0.4 is 0 Å². The summed E-state index contributed by atoms with van der Waals surface area (Å²) in [4.78, 5) is 14.8. The van der Waals surface area contributed by atoms with Crippen LogP contribution in [0.1, 0.15) is 29.3 Å². The third-order valence-electron chi connectivity index (χ3n) is 2.28. The molecule has 1 rings (SSSR count). The minimum absolute atomic E-state index is 0.0396. The summed E-state index contributed by atoms with van der Waals surface area (Å²) in [5.41, 5.74) is 2.77. The van der Waals surface area contributed by atoms with Crippen molar-refractivity contribution in [1.29, 1.82) is 0 Å². The van der Waals surface area contributed by atoms with Crippen molar-refractivity contribution in [3.05, 3.63) is 29.1 Å². The van der Waals surface area contributed by atoms with E-state index in [1.165, 1.54) is 7.11 Å². The Morgan fingerprint density at radius 1 is 1.60 bits per heavy atom. The molecule has 4 nitrogen and oxygen atoms in total. The number of rotatable bonds is 4. The van der Waals surface area contributed by atoms with Crippen LogP contribution in [0, 0.1) is 13.8 Å². The minimum Gasteiger partial charge on any atom is -0.481 e. The van der Waals surface area contributed by atoms with Crippen LogP contribution in [0.25, 0.3) is 0 Å². The molecule has 0 aliphatic rings. The predicted octanol–water partition coefficient (Wildman–Crippen LogP) is 1.86. The first-order chi connectivity index (χ1) is 7.04. The lowest BCUT2D eigenvalue weighted by Gasteiger charge is -2.15. The van der Waals surface area contributed by atoms with Gasteiger partial charge >= 0.3 is 5.97 Å². The molecule has 1 aromatic rings. The van der Waals surface area contributed by atoms with Crippen LogP contribution in [0.3, 0.4) is 0 Å². The predicted molar refractivity (Wildman–Crippen MR) is 55.7 cm³/mol. The molecule has 0 fully saturated rings. The van der Waals surface area contributed by atoms with Gasteiger partial charge in [0.1, 0.15) is 0 Å². The fraction of sp³-hybridized carbons (Fsp3) is 0.455. The third-order valence-corrected chi connectivity index (χ3v) is 2.28. The summed E-state index contributed by atoms with van der Waals surface area (Å²) in [6, 6.07) is 1.92. The standard InChI is InChI=1S/C11H15NO3/c1-7-4-8(2)12-6-9(7)10(15-3)5-11(13)14/h4,6,10H,5H2,1-3H3,(H,13,14). The molecule has 1 aromatic heterocycles. The molecule has 0 aliphatic heterocycles. The van der Waals surface area contributed by atoms with Gasteiger partial charge in [0.05, 0.1) is 12.5 Å². The van der Waals surface area contributed by atoms with Crippen LogP contribution in [-0.4, -0.2) is 23.2 Å². The van der Waals surface area contributed by atoms with Crippen molar-refractivity contribution in [1.82, 2.24) is 4.98 Å². The van der Waals surface area contributed by atoms with E-state index in [2.05, 4.69) is 4.98 Å². The van der Waals surface area contributed by atoms with Gasteiger partial charge < -0.3 is 9.84 Å². The number of methoxy groups -OCH3 is 1. The van der Waals surface area contributed by atoms with Gasteiger partial charge in [0.2, 0.25) is 0 Å². The maximum atomic E-state index is 10.6. The van der Waals surface area contributed by atoms with Gasteiger partial charge in [-0.15, -0.1) is 0 Å². The first-order valence-corrected chi connectivity index (χ1v) is 4.72. The lowest BCUT2D eigenvalue weighted by atomic mass is 10.0. The van der Waals surface area contributed by atoms with Gasteiger partial charge in [-0.3, -0.25) is 9.78 Å². The quantitative estimate of drug-likeness (QED) is 0.822. The van der Waals surface area contributed by atoms with Crippen LogP contribution in [-0.2, 0) is 9.53 Å². The molecule has 4 heteroatoms. The lowest BCUT2D eigenvalue weighted by molar-refractivity contribution is -0.139. The fourth-order valence-corrected chi connectivity index (χ4v) is 1.52. The summed E-state index contributed by atoms with van der Waals surface area (Å²) >= 11 is 0.